The van der Waals surface area contributed by atoms with Gasteiger partial charge in [0.05, 0.1) is 22.7 Å². The molecule has 0 aliphatic rings. The predicted octanol–water partition coefficient (Wildman–Crippen LogP) is 11.8. The summed E-state index contributed by atoms with van der Waals surface area (Å²) in [5.74, 6) is 1.40. The Balaban J connectivity index is 0.000000140. The van der Waals surface area contributed by atoms with E-state index in [1.807, 2.05) is 97.1 Å². The van der Waals surface area contributed by atoms with Crippen LogP contribution in [0.15, 0.2) is 204 Å². The molecular formula is C52H32N6Zn. The molecule has 0 radical (unpaired) electrons. The summed E-state index contributed by atoms with van der Waals surface area (Å²) < 4.78 is 0. The molecule has 0 amide bonds. The van der Waals surface area contributed by atoms with E-state index in [-0.39, 0.29) is 19.5 Å². The Bertz CT molecular complexity index is 3470. The summed E-state index contributed by atoms with van der Waals surface area (Å²) in [6, 6.07) is 66.0. The van der Waals surface area contributed by atoms with E-state index in [4.69, 9.17) is 29.9 Å². The molecule has 0 fully saturated rings. The van der Waals surface area contributed by atoms with Crippen LogP contribution < -0.4 is 20.9 Å². The minimum atomic E-state index is 0. The van der Waals surface area contributed by atoms with Crippen LogP contribution in [-0.4, -0.2) is 9.97 Å². The molecule has 12 aromatic rings. The van der Waals surface area contributed by atoms with Crippen molar-refractivity contribution in [3.05, 3.63) is 205 Å². The van der Waals surface area contributed by atoms with E-state index in [1.165, 1.54) is 0 Å². The Kier molecular flexibility index (Phi) is 9.28. The van der Waals surface area contributed by atoms with Gasteiger partial charge in [0.2, 0.25) is 0 Å². The Morgan fingerprint density at radius 3 is 0.932 bits per heavy atom. The number of rotatable bonds is 2. The van der Waals surface area contributed by atoms with Gasteiger partial charge < -0.3 is 20.0 Å². The van der Waals surface area contributed by atoms with Crippen molar-refractivity contribution < 1.29 is 19.5 Å². The van der Waals surface area contributed by atoms with Crippen LogP contribution in [0.4, 0.5) is 11.6 Å². The second kappa shape index (κ2) is 15.2. The molecule has 12 rings (SSSR count). The Hall–Kier alpha value is -7.34. The minimum absolute atomic E-state index is 0. The third-order valence-corrected chi connectivity index (χ3v) is 10.8. The monoisotopic (exact) mass is 804 g/mol. The zero-order valence-electron chi connectivity index (χ0n) is 31.9. The number of pyridine rings is 4. The number of fused-ring (bicyclic) bond motifs is 12. The van der Waals surface area contributed by atoms with E-state index >= 15 is 0 Å². The topological polar surface area (TPSA) is 78.7 Å². The van der Waals surface area contributed by atoms with Crippen molar-refractivity contribution in [1.29, 1.82) is 0 Å². The van der Waals surface area contributed by atoms with Gasteiger partial charge in [0.15, 0.2) is 0 Å². The second-order valence-electron chi connectivity index (χ2n) is 14.2. The molecule has 0 atom stereocenters. The van der Waals surface area contributed by atoms with Crippen LogP contribution >= 0.6 is 0 Å². The Morgan fingerprint density at radius 1 is 0.271 bits per heavy atom. The fourth-order valence-corrected chi connectivity index (χ4v) is 8.09. The van der Waals surface area contributed by atoms with Crippen molar-refractivity contribution in [1.82, 2.24) is 19.9 Å². The zero-order chi connectivity index (χ0) is 38.4. The number of para-hydroxylation sites is 4. The molecule has 6 nitrogen and oxygen atoms in total. The zero-order valence-corrected chi connectivity index (χ0v) is 34.8. The fraction of sp³-hybridized carbons (Fsp3) is 0. The van der Waals surface area contributed by atoms with Gasteiger partial charge in [-0.05, 0) is 77.2 Å². The molecule has 0 saturated heterocycles. The van der Waals surface area contributed by atoms with Gasteiger partial charge in [0.25, 0.3) is 0 Å². The molecule has 8 aromatic carbocycles. The summed E-state index contributed by atoms with van der Waals surface area (Å²) in [5, 5.41) is 13.3. The van der Waals surface area contributed by atoms with Crippen LogP contribution in [0.2, 0.25) is 0 Å². The molecule has 4 heterocycles. The number of benzene rings is 8. The first-order valence-electron chi connectivity index (χ1n) is 19.3. The average molecular weight is 806 g/mol. The maximum absolute atomic E-state index is 4.98. The van der Waals surface area contributed by atoms with Gasteiger partial charge in [0.1, 0.15) is 0 Å². The third kappa shape index (κ3) is 6.42. The largest absolute Gasteiger partial charge is 2.00 e. The van der Waals surface area contributed by atoms with Crippen LogP contribution in [0.5, 0.6) is 0 Å². The molecular weight excluding hydrogens is 774 g/mol. The van der Waals surface area contributed by atoms with Crippen molar-refractivity contribution >= 4 is 98.3 Å². The number of hydrogen-bond acceptors (Lipinski definition) is 4. The summed E-state index contributed by atoms with van der Waals surface area (Å²) in [5.41, 5.74) is 5.16. The van der Waals surface area contributed by atoms with Gasteiger partial charge in [-0.1, -0.05) is 182 Å². The molecule has 0 N–H and O–H groups in total. The van der Waals surface area contributed by atoms with Gasteiger partial charge in [0, 0.05) is 21.5 Å². The molecule has 0 spiro atoms. The number of aromatic nitrogens is 4. The van der Waals surface area contributed by atoms with Crippen molar-refractivity contribution in [2.24, 2.45) is 9.98 Å². The molecule has 4 aromatic heterocycles. The van der Waals surface area contributed by atoms with Crippen molar-refractivity contribution in [2.75, 3.05) is 0 Å². The SMILES string of the molecule is [Zn+2].c1ccc2c(c1)nc(N=c1[n-]c3ccccc3c3ccccc13)c1ccccc12.c1ccc2c(c1)nc(N=c1[n-]c3ccccc3c3ccccc13)c1ccccc12. The summed E-state index contributed by atoms with van der Waals surface area (Å²) in [6.45, 7) is 0. The van der Waals surface area contributed by atoms with E-state index in [9.17, 15) is 0 Å². The third-order valence-electron chi connectivity index (χ3n) is 10.8. The fourth-order valence-electron chi connectivity index (χ4n) is 8.09. The van der Waals surface area contributed by atoms with Crippen LogP contribution in [0.25, 0.3) is 86.7 Å². The molecule has 7 heteroatoms. The minimum Gasteiger partial charge on any atom is -0.435 e. The van der Waals surface area contributed by atoms with Gasteiger partial charge in [-0.3, -0.25) is 9.97 Å². The average Bonchev–Trinajstić information content (AvgIpc) is 3.29. The molecule has 0 aliphatic heterocycles. The van der Waals surface area contributed by atoms with E-state index < -0.39 is 0 Å². The maximum Gasteiger partial charge on any atom is 2.00 e. The molecule has 0 bridgehead atoms. The van der Waals surface area contributed by atoms with Crippen LogP contribution in [0, 0.1) is 0 Å². The normalized spacial score (nSPS) is 12.1. The quantitative estimate of drug-likeness (QED) is 0.129. The van der Waals surface area contributed by atoms with Crippen LogP contribution in [0.3, 0.4) is 0 Å². The molecule has 0 aliphatic carbocycles. The van der Waals surface area contributed by atoms with Gasteiger partial charge in [-0.25, -0.2) is 0 Å². The smallest absolute Gasteiger partial charge is 0.435 e. The first-order chi connectivity index (χ1) is 28.8. The standard InChI is InChI=1S/2C26H16N3.Zn/c2*1-3-13-21-17(9-1)19-11-5-7-15-23(19)27-25(21)29-26-22-14-4-2-10-18(22)20-12-6-8-16-24(20)28-26;/h2*1-16H;/q2*-1;+2. The van der Waals surface area contributed by atoms with E-state index in [0.717, 1.165) is 86.7 Å². The van der Waals surface area contributed by atoms with E-state index in [1.54, 1.807) is 0 Å². The summed E-state index contributed by atoms with van der Waals surface area (Å²) >= 11 is 0. The predicted molar refractivity (Wildman–Crippen MR) is 238 cm³/mol. The molecule has 0 saturated carbocycles. The maximum atomic E-state index is 4.98. The summed E-state index contributed by atoms with van der Waals surface area (Å²) in [7, 11) is 0. The number of hydrogen-bond donors (Lipinski definition) is 0. The van der Waals surface area contributed by atoms with Crippen molar-refractivity contribution in [3.8, 4) is 0 Å². The van der Waals surface area contributed by atoms with Gasteiger partial charge >= 0.3 is 19.5 Å². The van der Waals surface area contributed by atoms with Crippen molar-refractivity contribution in [2.45, 2.75) is 0 Å². The first-order valence-corrected chi connectivity index (χ1v) is 19.3. The van der Waals surface area contributed by atoms with E-state index in [2.05, 4.69) is 97.1 Å². The Morgan fingerprint density at radius 2 is 0.542 bits per heavy atom. The Labute approximate surface area is 351 Å². The van der Waals surface area contributed by atoms with Crippen molar-refractivity contribution in [3.63, 3.8) is 0 Å². The van der Waals surface area contributed by atoms with E-state index in [0.29, 0.717) is 22.6 Å². The van der Waals surface area contributed by atoms with Crippen LogP contribution in [-0.2, 0) is 19.5 Å². The first kappa shape index (κ1) is 36.0. The van der Waals surface area contributed by atoms with Gasteiger partial charge in [-0.15, -0.1) is 0 Å². The molecule has 272 valence electrons. The van der Waals surface area contributed by atoms with Gasteiger partial charge in [-0.2, -0.15) is 0 Å². The molecule has 0 unspecified atom stereocenters. The summed E-state index contributed by atoms with van der Waals surface area (Å²) in [4.78, 5) is 29.5. The number of nitrogens with zero attached hydrogens (tertiary/aromatic N) is 6. The second-order valence-corrected chi connectivity index (χ2v) is 14.2. The summed E-state index contributed by atoms with van der Waals surface area (Å²) in [6.07, 6.45) is 0. The molecule has 59 heavy (non-hydrogen) atoms. The van der Waals surface area contributed by atoms with Crippen LogP contribution in [0.1, 0.15) is 0 Å².